The Labute approximate surface area is 160 Å². The fourth-order valence-corrected chi connectivity index (χ4v) is 2.03. The van der Waals surface area contributed by atoms with Crippen molar-refractivity contribution in [2.24, 2.45) is 0 Å². The summed E-state index contributed by atoms with van der Waals surface area (Å²) in [7, 11) is 0. The standard InChI is InChI=1S/C17H22INO6/c1-12(18)16(22)25-14(15(20)21)9-5-6-10-19-17(23)24-11-13-7-3-2-4-8-13/h2-4,7-8,12,14H,5-6,9-11H2,1H3,(H,19,23)(H,20,21)/t12?,14-/m0/s1. The van der Waals surface area contributed by atoms with E-state index in [1.165, 1.54) is 0 Å². The number of amides is 1. The van der Waals surface area contributed by atoms with Crippen molar-refractivity contribution in [2.45, 2.75) is 42.8 Å². The van der Waals surface area contributed by atoms with E-state index in [1.807, 2.05) is 52.9 Å². The van der Waals surface area contributed by atoms with E-state index in [-0.39, 0.29) is 13.0 Å². The quantitative estimate of drug-likeness (QED) is 0.240. The van der Waals surface area contributed by atoms with Crippen LogP contribution in [0.1, 0.15) is 31.7 Å². The molecule has 0 spiro atoms. The molecule has 0 aliphatic heterocycles. The molecule has 1 amide bonds. The van der Waals surface area contributed by atoms with Gasteiger partial charge < -0.3 is 19.9 Å². The van der Waals surface area contributed by atoms with E-state index in [0.717, 1.165) is 5.56 Å². The highest BCUT2D eigenvalue weighted by Crippen LogP contribution is 2.10. The smallest absolute Gasteiger partial charge is 0.407 e. The van der Waals surface area contributed by atoms with Crippen LogP contribution in [0.3, 0.4) is 0 Å². The molecule has 25 heavy (non-hydrogen) atoms. The molecule has 2 N–H and O–H groups in total. The number of halogens is 1. The van der Waals surface area contributed by atoms with Gasteiger partial charge in [0.25, 0.3) is 0 Å². The molecule has 0 bridgehead atoms. The van der Waals surface area contributed by atoms with Gasteiger partial charge in [0, 0.05) is 6.54 Å². The fourth-order valence-electron chi connectivity index (χ4n) is 1.89. The number of carbonyl (C=O) groups excluding carboxylic acids is 2. The van der Waals surface area contributed by atoms with E-state index < -0.39 is 28.1 Å². The zero-order valence-electron chi connectivity index (χ0n) is 13.9. The number of alkyl halides is 1. The van der Waals surface area contributed by atoms with Gasteiger partial charge in [0.05, 0.1) is 0 Å². The van der Waals surface area contributed by atoms with E-state index in [0.29, 0.717) is 19.4 Å². The zero-order chi connectivity index (χ0) is 18.7. The van der Waals surface area contributed by atoms with Crippen molar-refractivity contribution < 1.29 is 29.0 Å². The van der Waals surface area contributed by atoms with Gasteiger partial charge in [-0.2, -0.15) is 0 Å². The largest absolute Gasteiger partial charge is 0.479 e. The maximum atomic E-state index is 11.5. The third kappa shape index (κ3) is 9.28. The number of nitrogens with one attached hydrogen (secondary N) is 1. The first kappa shape index (κ1) is 21.2. The molecular formula is C17H22INO6. The number of esters is 1. The molecule has 1 unspecified atom stereocenters. The fraction of sp³-hybridized carbons (Fsp3) is 0.471. The molecule has 0 saturated heterocycles. The SMILES string of the molecule is CC(I)C(=O)O[C@@H](CCCCNC(=O)OCc1ccccc1)C(=O)O. The summed E-state index contributed by atoms with van der Waals surface area (Å²) < 4.78 is 9.59. The van der Waals surface area contributed by atoms with Crippen molar-refractivity contribution >= 4 is 40.6 Å². The van der Waals surface area contributed by atoms with Gasteiger partial charge >= 0.3 is 18.0 Å². The number of hydrogen-bond acceptors (Lipinski definition) is 5. The van der Waals surface area contributed by atoms with E-state index >= 15 is 0 Å². The highest BCUT2D eigenvalue weighted by molar-refractivity contribution is 14.1. The molecule has 7 nitrogen and oxygen atoms in total. The van der Waals surface area contributed by atoms with Crippen molar-refractivity contribution in [2.75, 3.05) is 6.54 Å². The minimum Gasteiger partial charge on any atom is -0.479 e. The van der Waals surface area contributed by atoms with Gasteiger partial charge in [0.2, 0.25) is 0 Å². The number of alkyl carbamates (subject to hydrolysis) is 1. The maximum Gasteiger partial charge on any atom is 0.407 e. The summed E-state index contributed by atoms with van der Waals surface area (Å²) in [4.78, 5) is 34.1. The van der Waals surface area contributed by atoms with Crippen LogP contribution in [0.4, 0.5) is 4.79 Å². The molecule has 0 radical (unpaired) electrons. The summed E-state index contributed by atoms with van der Waals surface area (Å²) in [5.74, 6) is -1.71. The average molecular weight is 463 g/mol. The van der Waals surface area contributed by atoms with Gasteiger partial charge in [-0.15, -0.1) is 0 Å². The lowest BCUT2D eigenvalue weighted by Gasteiger charge is -2.14. The van der Waals surface area contributed by atoms with Crippen LogP contribution in [0, 0.1) is 0 Å². The van der Waals surface area contributed by atoms with Crippen LogP contribution in [-0.4, -0.2) is 39.7 Å². The van der Waals surface area contributed by atoms with E-state index in [1.54, 1.807) is 6.92 Å². The predicted octanol–water partition coefficient (Wildman–Crippen LogP) is 2.90. The second kappa shape index (κ2) is 11.7. The molecule has 1 rings (SSSR count). The number of carboxylic acids is 1. The number of carbonyl (C=O) groups is 3. The van der Waals surface area contributed by atoms with Crippen molar-refractivity contribution in [1.29, 1.82) is 0 Å². The summed E-state index contributed by atoms with van der Waals surface area (Å²) >= 11 is 1.87. The summed E-state index contributed by atoms with van der Waals surface area (Å²) in [5, 5.41) is 11.7. The Balaban J connectivity index is 2.17. The number of rotatable bonds is 10. The molecule has 0 heterocycles. The Morgan fingerprint density at radius 2 is 1.88 bits per heavy atom. The third-order valence-electron chi connectivity index (χ3n) is 3.23. The molecule has 0 aliphatic carbocycles. The number of ether oxygens (including phenoxy) is 2. The predicted molar refractivity (Wildman–Crippen MR) is 99.5 cm³/mol. The number of unbranched alkanes of at least 4 members (excludes halogenated alkanes) is 1. The van der Waals surface area contributed by atoms with Crippen LogP contribution in [0.5, 0.6) is 0 Å². The van der Waals surface area contributed by atoms with Crippen LogP contribution in [0.2, 0.25) is 0 Å². The average Bonchev–Trinajstić information content (AvgIpc) is 2.59. The highest BCUT2D eigenvalue weighted by atomic mass is 127. The molecule has 1 aromatic rings. The van der Waals surface area contributed by atoms with Gasteiger partial charge in [-0.25, -0.2) is 9.59 Å². The summed E-state index contributed by atoms with van der Waals surface area (Å²) in [6, 6.07) is 9.32. The Kier molecular flexibility index (Phi) is 9.90. The van der Waals surface area contributed by atoms with Gasteiger partial charge in [-0.05, 0) is 31.7 Å². The molecule has 1 aromatic carbocycles. The lowest BCUT2D eigenvalue weighted by atomic mass is 10.1. The normalized spacial score (nSPS) is 12.7. The van der Waals surface area contributed by atoms with Gasteiger partial charge in [0.15, 0.2) is 6.10 Å². The molecule has 0 saturated carbocycles. The van der Waals surface area contributed by atoms with E-state index in [4.69, 9.17) is 14.6 Å². The second-order valence-corrected chi connectivity index (χ2v) is 7.23. The van der Waals surface area contributed by atoms with Gasteiger partial charge in [0.1, 0.15) is 10.5 Å². The zero-order valence-corrected chi connectivity index (χ0v) is 16.1. The minimum absolute atomic E-state index is 0.193. The summed E-state index contributed by atoms with van der Waals surface area (Å²) in [6.07, 6.45) is -0.426. The Morgan fingerprint density at radius 3 is 2.48 bits per heavy atom. The summed E-state index contributed by atoms with van der Waals surface area (Å²) in [6.45, 7) is 2.18. The van der Waals surface area contributed by atoms with Crippen molar-refractivity contribution in [3.05, 3.63) is 35.9 Å². The monoisotopic (exact) mass is 463 g/mol. The first-order chi connectivity index (χ1) is 11.9. The molecular weight excluding hydrogens is 441 g/mol. The topological polar surface area (TPSA) is 102 Å². The van der Waals surface area contributed by atoms with Crippen molar-refractivity contribution in [3.8, 4) is 0 Å². The molecule has 0 aromatic heterocycles. The first-order valence-electron chi connectivity index (χ1n) is 7.92. The second-order valence-electron chi connectivity index (χ2n) is 5.36. The van der Waals surface area contributed by atoms with Crippen molar-refractivity contribution in [3.63, 3.8) is 0 Å². The lowest BCUT2D eigenvalue weighted by Crippen LogP contribution is -2.30. The Bertz CT molecular complexity index is 564. The first-order valence-corrected chi connectivity index (χ1v) is 9.16. The number of benzene rings is 1. The Morgan fingerprint density at radius 1 is 1.20 bits per heavy atom. The number of carboxylic acid groups (broad SMARTS) is 1. The molecule has 0 aliphatic rings. The van der Waals surface area contributed by atoms with Crippen LogP contribution in [0.15, 0.2) is 30.3 Å². The van der Waals surface area contributed by atoms with Crippen LogP contribution >= 0.6 is 22.6 Å². The highest BCUT2D eigenvalue weighted by Gasteiger charge is 2.23. The van der Waals surface area contributed by atoms with Crippen LogP contribution in [-0.2, 0) is 25.7 Å². The van der Waals surface area contributed by atoms with E-state index in [9.17, 15) is 14.4 Å². The van der Waals surface area contributed by atoms with E-state index in [2.05, 4.69) is 5.32 Å². The summed E-state index contributed by atoms with van der Waals surface area (Å²) in [5.41, 5.74) is 0.897. The molecule has 2 atom stereocenters. The Hall–Kier alpha value is -1.84. The molecule has 8 heteroatoms. The molecule has 138 valence electrons. The third-order valence-corrected chi connectivity index (χ3v) is 3.74. The number of hydrogen-bond donors (Lipinski definition) is 2. The van der Waals surface area contributed by atoms with Crippen molar-refractivity contribution in [1.82, 2.24) is 5.32 Å². The number of aliphatic carboxylic acids is 1. The lowest BCUT2D eigenvalue weighted by molar-refractivity contribution is -0.163. The van der Waals surface area contributed by atoms with Crippen LogP contribution in [0.25, 0.3) is 0 Å². The van der Waals surface area contributed by atoms with Gasteiger partial charge in [-0.3, -0.25) is 4.79 Å². The maximum absolute atomic E-state index is 11.5. The minimum atomic E-state index is -1.17. The van der Waals surface area contributed by atoms with Crippen LogP contribution < -0.4 is 5.32 Å². The molecule has 0 fully saturated rings. The van der Waals surface area contributed by atoms with Gasteiger partial charge in [-0.1, -0.05) is 52.9 Å².